The van der Waals surface area contributed by atoms with Gasteiger partial charge in [-0.15, -0.1) is 0 Å². The molecule has 2 heterocycles. The third-order valence-electron chi connectivity index (χ3n) is 4.60. The molecular weight excluding hydrogens is 386 g/mol. The van der Waals surface area contributed by atoms with Gasteiger partial charge >= 0.3 is 5.69 Å². The van der Waals surface area contributed by atoms with Gasteiger partial charge in [0.15, 0.2) is 5.82 Å². The quantitative estimate of drug-likeness (QED) is 0.542. The highest BCUT2D eigenvalue weighted by Crippen LogP contribution is 2.11. The largest absolute Gasteiger partial charge is 0.337 e. The molecule has 0 bridgehead atoms. The van der Waals surface area contributed by atoms with Crippen molar-refractivity contribution in [3.63, 3.8) is 0 Å². The number of carbonyl (C=O) groups is 1. The van der Waals surface area contributed by atoms with Crippen molar-refractivity contribution in [2.45, 2.75) is 26.9 Å². The van der Waals surface area contributed by atoms with Gasteiger partial charge in [0.25, 0.3) is 5.56 Å². The lowest BCUT2D eigenvalue weighted by Crippen LogP contribution is -2.42. The molecule has 2 aromatic carbocycles. The average molecular weight is 405 g/mol. The number of aryl methyl sites for hydroxylation is 2. The van der Waals surface area contributed by atoms with E-state index in [0.717, 1.165) is 10.1 Å². The Hall–Kier alpha value is -4.01. The lowest BCUT2D eigenvalue weighted by Gasteiger charge is -2.13. The topological polar surface area (TPSA) is 112 Å². The maximum atomic E-state index is 13.1. The first-order chi connectivity index (χ1) is 14.4. The van der Waals surface area contributed by atoms with E-state index in [0.29, 0.717) is 22.4 Å². The molecule has 4 aromatic rings. The SMILES string of the molecule is Cc1cccc(NC(=O)Cn2c(=O)n(Cc3nc(C)no3)c(=O)c3ccccc32)c1. The van der Waals surface area contributed by atoms with Crippen molar-refractivity contribution >= 4 is 22.5 Å². The zero-order valence-corrected chi connectivity index (χ0v) is 16.5. The Morgan fingerprint density at radius 2 is 1.87 bits per heavy atom. The summed E-state index contributed by atoms with van der Waals surface area (Å²) < 4.78 is 7.32. The molecule has 9 nitrogen and oxygen atoms in total. The summed E-state index contributed by atoms with van der Waals surface area (Å²) in [7, 11) is 0. The number of anilines is 1. The molecular formula is C21H19N5O4. The number of nitrogens with one attached hydrogen (secondary N) is 1. The Labute approximate surface area is 170 Å². The number of hydrogen-bond acceptors (Lipinski definition) is 6. The molecule has 0 spiro atoms. The van der Waals surface area contributed by atoms with Crippen LogP contribution in [0.3, 0.4) is 0 Å². The predicted molar refractivity (Wildman–Crippen MR) is 110 cm³/mol. The number of aromatic nitrogens is 4. The van der Waals surface area contributed by atoms with Crippen LogP contribution in [0.5, 0.6) is 0 Å². The van der Waals surface area contributed by atoms with Crippen molar-refractivity contribution in [2.24, 2.45) is 0 Å². The number of nitrogens with zero attached hydrogens (tertiary/aromatic N) is 4. The molecule has 2 aromatic heterocycles. The molecule has 152 valence electrons. The summed E-state index contributed by atoms with van der Waals surface area (Å²) in [6.45, 7) is 3.13. The van der Waals surface area contributed by atoms with Crippen molar-refractivity contribution < 1.29 is 9.32 Å². The lowest BCUT2D eigenvalue weighted by molar-refractivity contribution is -0.116. The first-order valence-electron chi connectivity index (χ1n) is 9.30. The van der Waals surface area contributed by atoms with Crippen LogP contribution in [0.4, 0.5) is 5.69 Å². The van der Waals surface area contributed by atoms with E-state index < -0.39 is 11.2 Å². The summed E-state index contributed by atoms with van der Waals surface area (Å²) in [6, 6.07) is 14.0. The minimum Gasteiger partial charge on any atom is -0.337 e. The van der Waals surface area contributed by atoms with Gasteiger partial charge in [-0.3, -0.25) is 18.7 Å². The number of fused-ring (bicyclic) bond motifs is 1. The van der Waals surface area contributed by atoms with Crippen LogP contribution in [0.1, 0.15) is 17.3 Å². The van der Waals surface area contributed by atoms with Gasteiger partial charge in [-0.1, -0.05) is 29.4 Å². The first-order valence-corrected chi connectivity index (χ1v) is 9.30. The molecule has 0 saturated heterocycles. The fourth-order valence-electron chi connectivity index (χ4n) is 3.27. The molecule has 0 aliphatic heterocycles. The zero-order valence-electron chi connectivity index (χ0n) is 16.5. The van der Waals surface area contributed by atoms with Crippen molar-refractivity contribution in [3.8, 4) is 0 Å². The molecule has 0 aliphatic carbocycles. The van der Waals surface area contributed by atoms with Crippen LogP contribution in [0.2, 0.25) is 0 Å². The second-order valence-corrected chi connectivity index (χ2v) is 6.93. The molecule has 0 saturated carbocycles. The smallest absolute Gasteiger partial charge is 0.332 e. The first kappa shape index (κ1) is 19.3. The second kappa shape index (κ2) is 7.78. The molecule has 1 amide bonds. The maximum absolute atomic E-state index is 13.1. The number of hydrogen-bond donors (Lipinski definition) is 1. The van der Waals surface area contributed by atoms with Gasteiger partial charge in [-0.25, -0.2) is 4.79 Å². The Balaban J connectivity index is 1.75. The highest BCUT2D eigenvalue weighted by Gasteiger charge is 2.17. The van der Waals surface area contributed by atoms with Crippen molar-refractivity contribution in [3.05, 3.63) is 86.6 Å². The molecule has 0 atom stereocenters. The minimum atomic E-state index is -0.631. The summed E-state index contributed by atoms with van der Waals surface area (Å²) in [4.78, 5) is 42.7. The van der Waals surface area contributed by atoms with Crippen LogP contribution in [0.25, 0.3) is 10.9 Å². The summed E-state index contributed by atoms with van der Waals surface area (Å²) in [5.74, 6) is 0.154. The number of rotatable bonds is 5. The van der Waals surface area contributed by atoms with Crippen LogP contribution in [-0.4, -0.2) is 25.2 Å². The Morgan fingerprint density at radius 1 is 1.07 bits per heavy atom. The number of para-hydroxylation sites is 1. The highest BCUT2D eigenvalue weighted by molar-refractivity contribution is 5.91. The fourth-order valence-corrected chi connectivity index (χ4v) is 3.27. The van der Waals surface area contributed by atoms with Gasteiger partial charge in [0, 0.05) is 5.69 Å². The third-order valence-corrected chi connectivity index (χ3v) is 4.60. The summed E-state index contributed by atoms with van der Waals surface area (Å²) in [5.41, 5.74) is 0.895. The van der Waals surface area contributed by atoms with E-state index in [-0.39, 0.29) is 24.9 Å². The molecule has 0 aliphatic rings. The zero-order chi connectivity index (χ0) is 21.3. The molecule has 0 unspecified atom stereocenters. The van der Waals surface area contributed by atoms with E-state index in [1.807, 2.05) is 25.1 Å². The van der Waals surface area contributed by atoms with Crippen LogP contribution in [0, 0.1) is 13.8 Å². The normalized spacial score (nSPS) is 11.0. The molecule has 1 N–H and O–H groups in total. The van der Waals surface area contributed by atoms with E-state index in [1.54, 1.807) is 37.3 Å². The van der Waals surface area contributed by atoms with Crippen molar-refractivity contribution in [1.29, 1.82) is 0 Å². The van der Waals surface area contributed by atoms with E-state index in [9.17, 15) is 14.4 Å². The standard InChI is InChI=1S/C21H19N5O4/c1-13-6-5-7-15(10-13)23-18(27)11-25-17-9-4-3-8-16(17)20(28)26(21(25)29)12-19-22-14(2)24-30-19/h3-10H,11-12H2,1-2H3,(H,23,27). The summed E-state index contributed by atoms with van der Waals surface area (Å²) in [6.07, 6.45) is 0. The van der Waals surface area contributed by atoms with Gasteiger partial charge < -0.3 is 9.84 Å². The number of amides is 1. The van der Waals surface area contributed by atoms with E-state index in [2.05, 4.69) is 15.5 Å². The molecule has 4 rings (SSSR count). The predicted octanol–water partition coefficient (Wildman–Crippen LogP) is 1.85. The molecule has 0 radical (unpaired) electrons. The maximum Gasteiger partial charge on any atom is 0.332 e. The van der Waals surface area contributed by atoms with Gasteiger partial charge in [0.2, 0.25) is 11.8 Å². The monoisotopic (exact) mass is 405 g/mol. The summed E-state index contributed by atoms with van der Waals surface area (Å²) in [5, 5.41) is 6.78. The van der Waals surface area contributed by atoms with Crippen LogP contribution < -0.4 is 16.6 Å². The van der Waals surface area contributed by atoms with E-state index >= 15 is 0 Å². The average Bonchev–Trinajstić information content (AvgIpc) is 3.13. The van der Waals surface area contributed by atoms with Crippen LogP contribution >= 0.6 is 0 Å². The van der Waals surface area contributed by atoms with E-state index in [1.165, 1.54) is 4.57 Å². The lowest BCUT2D eigenvalue weighted by atomic mass is 10.2. The number of carbonyl (C=O) groups excluding carboxylic acids is 1. The summed E-state index contributed by atoms with van der Waals surface area (Å²) >= 11 is 0. The van der Waals surface area contributed by atoms with Gasteiger partial charge in [0.05, 0.1) is 10.9 Å². The minimum absolute atomic E-state index is 0.137. The molecule has 0 fully saturated rings. The van der Waals surface area contributed by atoms with Crippen LogP contribution in [-0.2, 0) is 17.9 Å². The fraction of sp³-hybridized carbons (Fsp3) is 0.190. The van der Waals surface area contributed by atoms with Crippen LogP contribution in [0.15, 0.2) is 62.6 Å². The van der Waals surface area contributed by atoms with Crippen molar-refractivity contribution in [2.75, 3.05) is 5.32 Å². The third kappa shape index (κ3) is 3.77. The molecule has 9 heteroatoms. The Kier molecular flexibility index (Phi) is 5.01. The van der Waals surface area contributed by atoms with E-state index in [4.69, 9.17) is 4.52 Å². The molecule has 30 heavy (non-hydrogen) atoms. The Morgan fingerprint density at radius 3 is 2.60 bits per heavy atom. The Bertz CT molecular complexity index is 1370. The second-order valence-electron chi connectivity index (χ2n) is 6.93. The van der Waals surface area contributed by atoms with Gasteiger partial charge in [-0.05, 0) is 43.7 Å². The van der Waals surface area contributed by atoms with Crippen molar-refractivity contribution in [1.82, 2.24) is 19.3 Å². The van der Waals surface area contributed by atoms with Gasteiger partial charge in [0.1, 0.15) is 13.1 Å². The number of benzene rings is 2. The van der Waals surface area contributed by atoms with Gasteiger partial charge in [-0.2, -0.15) is 4.98 Å². The highest BCUT2D eigenvalue weighted by atomic mass is 16.5.